The van der Waals surface area contributed by atoms with E-state index in [9.17, 15) is 10.0 Å². The van der Waals surface area contributed by atoms with E-state index in [1.54, 1.807) is 24.3 Å². The minimum Gasteiger partial charge on any atom is -0.281 e. The standard InChI is InChI=1S/C11H15NO2/c1-9(2)8-11(13)12(14)10-6-4-3-5-7-10/h3-7,9,14H,8H2,1-2H3. The third kappa shape index (κ3) is 2.85. The van der Waals surface area contributed by atoms with Crippen LogP contribution in [0, 0.1) is 5.92 Å². The molecule has 1 aromatic rings. The Balaban J connectivity index is 2.66. The molecule has 0 heterocycles. The van der Waals surface area contributed by atoms with Gasteiger partial charge in [0.25, 0.3) is 5.91 Å². The van der Waals surface area contributed by atoms with E-state index in [-0.39, 0.29) is 11.8 Å². The highest BCUT2D eigenvalue weighted by Gasteiger charge is 2.13. The summed E-state index contributed by atoms with van der Waals surface area (Å²) in [5.41, 5.74) is 0.512. The van der Waals surface area contributed by atoms with Crippen LogP contribution in [0.1, 0.15) is 20.3 Å². The summed E-state index contributed by atoms with van der Waals surface area (Å²) in [6.07, 6.45) is 0.353. The van der Waals surface area contributed by atoms with E-state index in [0.29, 0.717) is 17.2 Å². The molecular formula is C11H15NO2. The molecular weight excluding hydrogens is 178 g/mol. The molecule has 0 aliphatic carbocycles. The fraction of sp³-hybridized carbons (Fsp3) is 0.364. The van der Waals surface area contributed by atoms with E-state index in [1.165, 1.54) is 0 Å². The summed E-state index contributed by atoms with van der Waals surface area (Å²) < 4.78 is 0. The number of hydrogen-bond acceptors (Lipinski definition) is 2. The van der Waals surface area contributed by atoms with E-state index in [1.807, 2.05) is 19.9 Å². The maximum Gasteiger partial charge on any atom is 0.250 e. The summed E-state index contributed by atoms with van der Waals surface area (Å²) in [5, 5.41) is 10.2. The molecule has 0 bridgehead atoms. The van der Waals surface area contributed by atoms with Gasteiger partial charge in [0.15, 0.2) is 0 Å². The smallest absolute Gasteiger partial charge is 0.250 e. The lowest BCUT2D eigenvalue weighted by atomic mass is 10.1. The molecule has 1 amide bonds. The van der Waals surface area contributed by atoms with Gasteiger partial charge in [-0.1, -0.05) is 32.0 Å². The van der Waals surface area contributed by atoms with E-state index in [0.717, 1.165) is 0 Å². The Kier molecular flexibility index (Phi) is 3.65. The topological polar surface area (TPSA) is 40.5 Å². The molecule has 0 aliphatic rings. The van der Waals surface area contributed by atoms with Crippen molar-refractivity contribution in [3.63, 3.8) is 0 Å². The van der Waals surface area contributed by atoms with Crippen LogP contribution in [0.4, 0.5) is 5.69 Å². The maximum atomic E-state index is 11.4. The number of hydroxylamine groups is 1. The average Bonchev–Trinajstić information content (AvgIpc) is 2.17. The zero-order valence-corrected chi connectivity index (χ0v) is 8.47. The van der Waals surface area contributed by atoms with Crippen LogP contribution in [-0.4, -0.2) is 11.1 Å². The van der Waals surface area contributed by atoms with Crippen LogP contribution in [-0.2, 0) is 4.79 Å². The molecule has 1 rings (SSSR count). The van der Waals surface area contributed by atoms with E-state index in [2.05, 4.69) is 0 Å². The molecule has 0 unspecified atom stereocenters. The van der Waals surface area contributed by atoms with Gasteiger partial charge in [0, 0.05) is 6.42 Å². The number of benzene rings is 1. The molecule has 0 aliphatic heterocycles. The molecule has 3 heteroatoms. The second-order valence-corrected chi connectivity index (χ2v) is 3.64. The third-order valence-corrected chi connectivity index (χ3v) is 1.82. The van der Waals surface area contributed by atoms with E-state index < -0.39 is 0 Å². The maximum absolute atomic E-state index is 11.4. The molecule has 14 heavy (non-hydrogen) atoms. The van der Waals surface area contributed by atoms with Crippen molar-refractivity contribution in [1.82, 2.24) is 0 Å². The quantitative estimate of drug-likeness (QED) is 0.591. The van der Waals surface area contributed by atoms with Gasteiger partial charge in [-0.15, -0.1) is 0 Å². The Morgan fingerprint density at radius 1 is 1.36 bits per heavy atom. The summed E-state index contributed by atoms with van der Waals surface area (Å²) in [4.78, 5) is 11.4. The van der Waals surface area contributed by atoms with Crippen LogP contribution < -0.4 is 5.06 Å². The lowest BCUT2D eigenvalue weighted by molar-refractivity contribution is -0.124. The Morgan fingerprint density at radius 3 is 2.43 bits per heavy atom. The lowest BCUT2D eigenvalue weighted by Crippen LogP contribution is -2.27. The number of hydrogen-bond donors (Lipinski definition) is 1. The Morgan fingerprint density at radius 2 is 1.93 bits per heavy atom. The fourth-order valence-electron chi connectivity index (χ4n) is 1.15. The van der Waals surface area contributed by atoms with Crippen molar-refractivity contribution in [2.75, 3.05) is 5.06 Å². The van der Waals surface area contributed by atoms with Crippen LogP contribution in [0.25, 0.3) is 0 Å². The Bertz CT molecular complexity index is 295. The van der Waals surface area contributed by atoms with Gasteiger partial charge in [-0.3, -0.25) is 10.0 Å². The highest BCUT2D eigenvalue weighted by atomic mass is 16.5. The van der Waals surface area contributed by atoms with Gasteiger partial charge in [0.2, 0.25) is 0 Å². The largest absolute Gasteiger partial charge is 0.281 e. The SMILES string of the molecule is CC(C)CC(=O)N(O)c1ccccc1. The van der Waals surface area contributed by atoms with E-state index in [4.69, 9.17) is 0 Å². The first-order valence-electron chi connectivity index (χ1n) is 4.68. The average molecular weight is 193 g/mol. The first-order valence-corrected chi connectivity index (χ1v) is 4.68. The van der Waals surface area contributed by atoms with Crippen molar-refractivity contribution in [3.8, 4) is 0 Å². The molecule has 0 spiro atoms. The number of amides is 1. The van der Waals surface area contributed by atoms with Gasteiger partial charge in [0.05, 0.1) is 5.69 Å². The van der Waals surface area contributed by atoms with Gasteiger partial charge in [-0.05, 0) is 18.1 Å². The molecule has 0 radical (unpaired) electrons. The predicted octanol–water partition coefficient (Wildman–Crippen LogP) is 2.45. The number of rotatable bonds is 3. The molecule has 0 atom stereocenters. The summed E-state index contributed by atoms with van der Waals surface area (Å²) >= 11 is 0. The van der Waals surface area contributed by atoms with Crippen LogP contribution in [0.15, 0.2) is 30.3 Å². The zero-order chi connectivity index (χ0) is 10.6. The summed E-state index contributed by atoms with van der Waals surface area (Å²) in [7, 11) is 0. The fourth-order valence-corrected chi connectivity index (χ4v) is 1.15. The minimum absolute atomic E-state index is 0.251. The number of para-hydroxylation sites is 1. The Labute approximate surface area is 83.9 Å². The van der Waals surface area contributed by atoms with Gasteiger partial charge in [0.1, 0.15) is 0 Å². The van der Waals surface area contributed by atoms with Crippen molar-refractivity contribution in [3.05, 3.63) is 30.3 Å². The predicted molar refractivity (Wildman–Crippen MR) is 55.2 cm³/mol. The van der Waals surface area contributed by atoms with Crippen molar-refractivity contribution >= 4 is 11.6 Å². The van der Waals surface area contributed by atoms with Gasteiger partial charge < -0.3 is 0 Å². The van der Waals surface area contributed by atoms with Crippen molar-refractivity contribution in [2.45, 2.75) is 20.3 Å². The molecule has 0 fully saturated rings. The van der Waals surface area contributed by atoms with Crippen LogP contribution in [0.3, 0.4) is 0 Å². The first-order chi connectivity index (χ1) is 6.61. The first kappa shape index (κ1) is 10.7. The Hall–Kier alpha value is -1.35. The minimum atomic E-state index is -0.272. The monoisotopic (exact) mass is 193 g/mol. The highest BCUT2D eigenvalue weighted by Crippen LogP contribution is 2.13. The molecule has 1 N–H and O–H groups in total. The summed E-state index contributed by atoms with van der Waals surface area (Å²) in [6.45, 7) is 3.88. The van der Waals surface area contributed by atoms with Crippen molar-refractivity contribution in [2.24, 2.45) is 5.92 Å². The van der Waals surface area contributed by atoms with Crippen LogP contribution in [0.5, 0.6) is 0 Å². The van der Waals surface area contributed by atoms with Gasteiger partial charge in [-0.25, -0.2) is 0 Å². The zero-order valence-electron chi connectivity index (χ0n) is 8.47. The molecule has 3 nitrogen and oxygen atoms in total. The molecule has 0 saturated carbocycles. The number of carbonyl (C=O) groups is 1. The normalized spacial score (nSPS) is 10.3. The number of anilines is 1. The van der Waals surface area contributed by atoms with Crippen molar-refractivity contribution in [1.29, 1.82) is 0 Å². The van der Waals surface area contributed by atoms with Gasteiger partial charge in [-0.2, -0.15) is 5.06 Å². The van der Waals surface area contributed by atoms with Crippen LogP contribution >= 0.6 is 0 Å². The molecule has 0 aromatic heterocycles. The van der Waals surface area contributed by atoms with Crippen LogP contribution in [0.2, 0.25) is 0 Å². The number of nitrogens with zero attached hydrogens (tertiary/aromatic N) is 1. The second-order valence-electron chi connectivity index (χ2n) is 3.64. The molecule has 0 saturated heterocycles. The second kappa shape index (κ2) is 4.77. The molecule has 76 valence electrons. The number of carbonyl (C=O) groups excluding carboxylic acids is 1. The summed E-state index contributed by atoms with van der Waals surface area (Å²) in [5.74, 6) is -0.0212. The molecule has 1 aromatic carbocycles. The van der Waals surface area contributed by atoms with E-state index >= 15 is 0 Å². The lowest BCUT2D eigenvalue weighted by Gasteiger charge is -2.15. The van der Waals surface area contributed by atoms with Crippen molar-refractivity contribution < 1.29 is 10.0 Å². The third-order valence-electron chi connectivity index (χ3n) is 1.82. The highest BCUT2D eigenvalue weighted by molar-refractivity contribution is 5.90. The van der Waals surface area contributed by atoms with Gasteiger partial charge >= 0.3 is 0 Å². The summed E-state index contributed by atoms with van der Waals surface area (Å²) in [6, 6.07) is 8.78.